The second kappa shape index (κ2) is 7.12. The van der Waals surface area contributed by atoms with E-state index in [1.165, 1.54) is 0 Å². The van der Waals surface area contributed by atoms with Gasteiger partial charge in [-0.3, -0.25) is 9.59 Å². The van der Waals surface area contributed by atoms with Crippen molar-refractivity contribution in [2.75, 3.05) is 6.54 Å². The van der Waals surface area contributed by atoms with E-state index in [-0.39, 0.29) is 34.6 Å². The van der Waals surface area contributed by atoms with Crippen molar-refractivity contribution in [2.24, 2.45) is 16.7 Å². The van der Waals surface area contributed by atoms with E-state index in [9.17, 15) is 9.59 Å². The van der Waals surface area contributed by atoms with Crippen molar-refractivity contribution in [3.63, 3.8) is 0 Å². The predicted octanol–water partition coefficient (Wildman–Crippen LogP) is 4.52. The van der Waals surface area contributed by atoms with Crippen LogP contribution in [0.4, 0.5) is 0 Å². The van der Waals surface area contributed by atoms with E-state index < -0.39 is 6.04 Å². The maximum Gasteiger partial charge on any atom is 0.253 e. The van der Waals surface area contributed by atoms with Crippen LogP contribution in [-0.4, -0.2) is 35.3 Å². The summed E-state index contributed by atoms with van der Waals surface area (Å²) in [7, 11) is 0. The molecule has 3 rings (SSSR count). The van der Waals surface area contributed by atoms with Crippen LogP contribution >= 0.6 is 11.6 Å². The molecule has 27 heavy (non-hydrogen) atoms. The summed E-state index contributed by atoms with van der Waals surface area (Å²) in [6, 6.07) is 6.67. The largest absolute Gasteiger partial charge is 0.340 e. The van der Waals surface area contributed by atoms with Gasteiger partial charge >= 0.3 is 0 Å². The molecule has 0 spiro atoms. The Kier molecular flexibility index (Phi) is 5.33. The number of carbonyl (C=O) groups excluding carboxylic acids is 2. The molecule has 0 aromatic heterocycles. The topological polar surface area (TPSA) is 49.4 Å². The van der Waals surface area contributed by atoms with E-state index in [1.807, 2.05) is 18.7 Å². The minimum Gasteiger partial charge on any atom is -0.340 e. The monoisotopic (exact) mass is 390 g/mol. The lowest BCUT2D eigenvalue weighted by atomic mass is 9.65. The van der Waals surface area contributed by atoms with Gasteiger partial charge < -0.3 is 10.2 Å². The zero-order valence-electron chi connectivity index (χ0n) is 17.0. The molecular weight excluding hydrogens is 360 g/mol. The first-order valence-electron chi connectivity index (χ1n) is 9.87. The maximum absolute atomic E-state index is 13.4. The van der Waals surface area contributed by atoms with E-state index in [1.54, 1.807) is 24.3 Å². The molecule has 1 aliphatic carbocycles. The maximum atomic E-state index is 13.4. The first kappa shape index (κ1) is 20.2. The van der Waals surface area contributed by atoms with Crippen molar-refractivity contribution in [1.82, 2.24) is 10.2 Å². The van der Waals surface area contributed by atoms with Crippen molar-refractivity contribution in [3.8, 4) is 0 Å². The van der Waals surface area contributed by atoms with Gasteiger partial charge in [-0.2, -0.15) is 0 Å². The first-order valence-corrected chi connectivity index (χ1v) is 10.3. The number of amides is 2. The second-order valence-electron chi connectivity index (χ2n) is 9.85. The first-order chi connectivity index (χ1) is 12.5. The van der Waals surface area contributed by atoms with Gasteiger partial charge in [-0.25, -0.2) is 0 Å². The normalized spacial score (nSPS) is 27.5. The van der Waals surface area contributed by atoms with Crippen molar-refractivity contribution >= 4 is 23.4 Å². The molecule has 1 saturated carbocycles. The molecule has 2 amide bonds. The third-order valence-corrected chi connectivity index (χ3v) is 6.37. The number of hydrogen-bond donors (Lipinski definition) is 1. The predicted molar refractivity (Wildman–Crippen MR) is 109 cm³/mol. The molecule has 0 radical (unpaired) electrons. The highest BCUT2D eigenvalue weighted by Gasteiger charge is 2.52. The van der Waals surface area contributed by atoms with Gasteiger partial charge in [-0.05, 0) is 48.1 Å². The summed E-state index contributed by atoms with van der Waals surface area (Å²) < 4.78 is 0. The molecule has 2 fully saturated rings. The van der Waals surface area contributed by atoms with Crippen LogP contribution in [0, 0.1) is 16.7 Å². The Balaban J connectivity index is 1.79. The fraction of sp³-hybridized carbons (Fsp3) is 0.636. The average molecular weight is 391 g/mol. The van der Waals surface area contributed by atoms with Crippen LogP contribution in [0.15, 0.2) is 24.3 Å². The number of rotatable bonds is 4. The summed E-state index contributed by atoms with van der Waals surface area (Å²) in [6.07, 6.45) is 3.22. The van der Waals surface area contributed by atoms with Gasteiger partial charge in [-0.15, -0.1) is 0 Å². The van der Waals surface area contributed by atoms with Crippen molar-refractivity contribution in [3.05, 3.63) is 34.9 Å². The van der Waals surface area contributed by atoms with Gasteiger partial charge in [0.05, 0.1) is 10.6 Å². The smallest absolute Gasteiger partial charge is 0.253 e. The Hall–Kier alpha value is -1.55. The Bertz CT molecular complexity index is 746. The quantitative estimate of drug-likeness (QED) is 0.821. The molecule has 2 aliphatic rings. The highest BCUT2D eigenvalue weighted by atomic mass is 35.5. The SMILES string of the molecule is CC(C)C(NC(=O)c1ccccc1Cl)C(=O)N1CC2(C)CC1CC(C)(C)C2. The van der Waals surface area contributed by atoms with Crippen LogP contribution in [0.25, 0.3) is 0 Å². The standard InChI is InChI=1S/C22H31ClN2O2/c1-14(2)18(24-19(26)16-8-6-7-9-17(16)23)20(27)25-13-22(5)11-15(25)10-21(3,4)12-22/h6-9,14-15,18H,10-13H2,1-5H3,(H,24,26). The lowest BCUT2D eigenvalue weighted by Crippen LogP contribution is -2.52. The molecule has 1 aliphatic heterocycles. The summed E-state index contributed by atoms with van der Waals surface area (Å²) in [5.41, 5.74) is 0.836. The van der Waals surface area contributed by atoms with Crippen LogP contribution in [0.5, 0.6) is 0 Å². The highest BCUT2D eigenvalue weighted by Crippen LogP contribution is 2.52. The number of likely N-dealkylation sites (tertiary alicyclic amines) is 1. The molecule has 4 nitrogen and oxygen atoms in total. The fourth-order valence-electron chi connectivity index (χ4n) is 5.27. The summed E-state index contributed by atoms with van der Waals surface area (Å²) in [5.74, 6) is -0.247. The van der Waals surface area contributed by atoms with E-state index in [0.29, 0.717) is 10.6 Å². The third-order valence-electron chi connectivity index (χ3n) is 6.04. The fourth-order valence-corrected chi connectivity index (χ4v) is 5.50. The second-order valence-corrected chi connectivity index (χ2v) is 10.3. The molecule has 3 atom stereocenters. The molecule has 1 aromatic rings. The third kappa shape index (κ3) is 4.16. The Morgan fingerprint density at radius 3 is 2.48 bits per heavy atom. The minimum absolute atomic E-state index is 0.00482. The van der Waals surface area contributed by atoms with Gasteiger partial charge in [0, 0.05) is 12.6 Å². The van der Waals surface area contributed by atoms with Gasteiger partial charge in [0.2, 0.25) is 5.91 Å². The molecule has 1 N–H and O–H groups in total. The summed E-state index contributed by atoms with van der Waals surface area (Å²) >= 11 is 6.16. The van der Waals surface area contributed by atoms with Gasteiger partial charge in [0.1, 0.15) is 6.04 Å². The molecule has 1 aromatic carbocycles. The van der Waals surface area contributed by atoms with E-state index in [2.05, 4.69) is 26.1 Å². The van der Waals surface area contributed by atoms with Gasteiger partial charge in [0.25, 0.3) is 5.91 Å². The summed E-state index contributed by atoms with van der Waals surface area (Å²) in [6.45, 7) is 11.6. The summed E-state index contributed by atoms with van der Waals surface area (Å²) in [4.78, 5) is 28.2. The van der Waals surface area contributed by atoms with Crippen LogP contribution in [0.2, 0.25) is 5.02 Å². The molecule has 2 bridgehead atoms. The van der Waals surface area contributed by atoms with Crippen LogP contribution < -0.4 is 5.32 Å². The Labute approximate surface area is 167 Å². The molecule has 3 unspecified atom stereocenters. The zero-order valence-corrected chi connectivity index (χ0v) is 17.8. The van der Waals surface area contributed by atoms with Crippen LogP contribution in [-0.2, 0) is 4.79 Å². The number of nitrogens with one attached hydrogen (secondary N) is 1. The Morgan fingerprint density at radius 1 is 1.19 bits per heavy atom. The van der Waals surface area contributed by atoms with E-state index >= 15 is 0 Å². The number of fused-ring (bicyclic) bond motifs is 2. The summed E-state index contributed by atoms with van der Waals surface area (Å²) in [5, 5.41) is 3.35. The molecule has 1 saturated heterocycles. The van der Waals surface area contributed by atoms with Crippen LogP contribution in [0.3, 0.4) is 0 Å². The van der Waals surface area contributed by atoms with Crippen molar-refractivity contribution in [1.29, 1.82) is 0 Å². The van der Waals surface area contributed by atoms with Crippen LogP contribution in [0.1, 0.15) is 64.2 Å². The number of nitrogens with zero attached hydrogens (tertiary/aromatic N) is 1. The minimum atomic E-state index is -0.542. The Morgan fingerprint density at radius 2 is 1.85 bits per heavy atom. The van der Waals surface area contributed by atoms with Crippen molar-refractivity contribution < 1.29 is 9.59 Å². The number of hydrogen-bond acceptors (Lipinski definition) is 2. The molecule has 1 heterocycles. The van der Waals surface area contributed by atoms with E-state index in [0.717, 1.165) is 25.8 Å². The highest BCUT2D eigenvalue weighted by molar-refractivity contribution is 6.33. The average Bonchev–Trinajstić information content (AvgIpc) is 2.80. The van der Waals surface area contributed by atoms with Gasteiger partial charge in [0.15, 0.2) is 0 Å². The lowest BCUT2D eigenvalue weighted by molar-refractivity contribution is -0.135. The lowest BCUT2D eigenvalue weighted by Gasteiger charge is -2.39. The van der Waals surface area contributed by atoms with Gasteiger partial charge in [-0.1, -0.05) is 58.4 Å². The van der Waals surface area contributed by atoms with E-state index in [4.69, 9.17) is 11.6 Å². The zero-order chi connectivity index (χ0) is 20.0. The molecule has 5 heteroatoms. The molecule has 148 valence electrons. The number of benzene rings is 1. The molecular formula is C22H31ClN2O2. The number of halogens is 1. The van der Waals surface area contributed by atoms with Crippen molar-refractivity contribution in [2.45, 2.75) is 66.0 Å². The number of carbonyl (C=O) groups is 2.